The summed E-state index contributed by atoms with van der Waals surface area (Å²) in [6.07, 6.45) is 0. The first-order valence-electron chi connectivity index (χ1n) is 12.1. The summed E-state index contributed by atoms with van der Waals surface area (Å²) in [5.74, 6) is -0.184. The Morgan fingerprint density at radius 2 is 1.39 bits per heavy atom. The van der Waals surface area contributed by atoms with Crippen LogP contribution in [0, 0.1) is 20.8 Å². The van der Waals surface area contributed by atoms with Gasteiger partial charge in [-0.05, 0) is 72.9 Å². The molecule has 0 radical (unpaired) electrons. The first kappa shape index (κ1) is 23.3. The molecule has 0 aliphatic carbocycles. The second-order valence-electron chi connectivity index (χ2n) is 9.19. The highest BCUT2D eigenvalue weighted by Gasteiger charge is 2.22. The van der Waals surface area contributed by atoms with Gasteiger partial charge in [-0.25, -0.2) is 4.68 Å². The molecule has 178 valence electrons. The molecule has 1 aromatic heterocycles. The Balaban J connectivity index is 1.59. The van der Waals surface area contributed by atoms with Gasteiger partial charge >= 0.3 is 0 Å². The summed E-state index contributed by atoms with van der Waals surface area (Å²) in [5, 5.41) is 8.17. The molecule has 0 bridgehead atoms. The van der Waals surface area contributed by atoms with Crippen LogP contribution in [0.1, 0.15) is 44.3 Å². The van der Waals surface area contributed by atoms with Crippen molar-refractivity contribution < 1.29 is 4.79 Å². The largest absolute Gasteiger partial charge is 0.340 e. The van der Waals surface area contributed by atoms with Crippen LogP contribution >= 0.6 is 0 Å². The maximum Gasteiger partial charge on any atom is 0.270 e. The number of rotatable bonds is 6. The summed E-state index contributed by atoms with van der Waals surface area (Å²) in [5.41, 5.74) is 8.66. The maximum atomic E-state index is 13.9. The molecule has 1 N–H and O–H groups in total. The summed E-state index contributed by atoms with van der Waals surface area (Å²) in [6, 6.07) is 36.0. The fourth-order valence-electron chi connectivity index (χ4n) is 4.40. The van der Waals surface area contributed by atoms with Crippen molar-refractivity contribution in [3.05, 3.63) is 143 Å². The first-order chi connectivity index (χ1) is 17.5. The Morgan fingerprint density at radius 1 is 0.722 bits per heavy atom. The van der Waals surface area contributed by atoms with Crippen molar-refractivity contribution in [2.24, 2.45) is 0 Å². The van der Waals surface area contributed by atoms with E-state index in [0.717, 1.165) is 33.6 Å². The summed E-state index contributed by atoms with van der Waals surface area (Å²) >= 11 is 0. The Labute approximate surface area is 212 Å². The third kappa shape index (κ3) is 4.84. The van der Waals surface area contributed by atoms with E-state index in [1.165, 1.54) is 11.1 Å². The van der Waals surface area contributed by atoms with E-state index < -0.39 is 0 Å². The monoisotopic (exact) mass is 471 g/mol. The average molecular weight is 472 g/mol. The number of carbonyl (C=O) groups is 1. The minimum atomic E-state index is -0.286. The van der Waals surface area contributed by atoms with Crippen LogP contribution in [0.3, 0.4) is 0 Å². The Bertz CT molecular complexity index is 1460. The van der Waals surface area contributed by atoms with Gasteiger partial charge < -0.3 is 5.32 Å². The SMILES string of the molecule is Cc1cccc(-n2nc(-c3ccc(C)c(C)c3)cc2C(=O)NC(c2ccccc2)c2ccccc2)c1. The average Bonchev–Trinajstić information content (AvgIpc) is 3.36. The van der Waals surface area contributed by atoms with E-state index in [2.05, 4.69) is 37.4 Å². The van der Waals surface area contributed by atoms with Crippen LogP contribution in [-0.4, -0.2) is 15.7 Å². The molecule has 4 heteroatoms. The quantitative estimate of drug-likeness (QED) is 0.290. The van der Waals surface area contributed by atoms with Gasteiger partial charge in [-0.1, -0.05) is 84.9 Å². The van der Waals surface area contributed by atoms with E-state index in [9.17, 15) is 4.79 Å². The highest BCUT2D eigenvalue weighted by atomic mass is 16.2. The van der Waals surface area contributed by atoms with Crippen LogP contribution in [-0.2, 0) is 0 Å². The number of hydrogen-bond donors (Lipinski definition) is 1. The Morgan fingerprint density at radius 3 is 2.00 bits per heavy atom. The Kier molecular flexibility index (Phi) is 6.50. The van der Waals surface area contributed by atoms with Crippen LogP contribution in [0.4, 0.5) is 0 Å². The van der Waals surface area contributed by atoms with E-state index in [4.69, 9.17) is 5.10 Å². The smallest absolute Gasteiger partial charge is 0.270 e. The molecule has 0 aliphatic heterocycles. The standard InChI is InChI=1S/C32H29N3O/c1-22-11-10-16-28(19-22)35-30(21-29(34-35)27-18-17-23(2)24(3)20-27)32(36)33-31(25-12-6-4-7-13-25)26-14-8-5-9-15-26/h4-21,31H,1-3H3,(H,33,36). The lowest BCUT2D eigenvalue weighted by Crippen LogP contribution is -2.31. The highest BCUT2D eigenvalue weighted by Crippen LogP contribution is 2.26. The summed E-state index contributed by atoms with van der Waals surface area (Å²) in [7, 11) is 0. The number of benzene rings is 4. The molecule has 4 nitrogen and oxygen atoms in total. The van der Waals surface area contributed by atoms with Gasteiger partial charge in [0.15, 0.2) is 0 Å². The summed E-state index contributed by atoms with van der Waals surface area (Å²) in [4.78, 5) is 13.9. The number of carbonyl (C=O) groups excluding carboxylic acids is 1. The molecule has 0 fully saturated rings. The zero-order chi connectivity index (χ0) is 25.1. The van der Waals surface area contributed by atoms with Crippen LogP contribution < -0.4 is 5.32 Å². The zero-order valence-electron chi connectivity index (χ0n) is 20.8. The molecular formula is C32H29N3O. The molecule has 36 heavy (non-hydrogen) atoms. The van der Waals surface area contributed by atoms with Gasteiger partial charge in [-0.2, -0.15) is 5.10 Å². The van der Waals surface area contributed by atoms with E-state index in [1.54, 1.807) is 4.68 Å². The van der Waals surface area contributed by atoms with Crippen molar-refractivity contribution in [1.29, 1.82) is 0 Å². The molecule has 4 aromatic carbocycles. The molecule has 0 atom stereocenters. The first-order valence-corrected chi connectivity index (χ1v) is 12.1. The van der Waals surface area contributed by atoms with Crippen molar-refractivity contribution in [2.75, 3.05) is 0 Å². The number of amides is 1. The highest BCUT2D eigenvalue weighted by molar-refractivity contribution is 5.95. The molecule has 0 saturated heterocycles. The lowest BCUT2D eigenvalue weighted by atomic mass is 9.98. The molecular weight excluding hydrogens is 442 g/mol. The lowest BCUT2D eigenvalue weighted by Gasteiger charge is -2.20. The summed E-state index contributed by atoms with van der Waals surface area (Å²) < 4.78 is 1.75. The third-order valence-electron chi connectivity index (χ3n) is 6.53. The van der Waals surface area contributed by atoms with E-state index >= 15 is 0 Å². The topological polar surface area (TPSA) is 46.9 Å². The predicted molar refractivity (Wildman–Crippen MR) is 145 cm³/mol. The molecule has 5 aromatic rings. The number of nitrogens with zero attached hydrogens (tertiary/aromatic N) is 2. The number of aryl methyl sites for hydroxylation is 3. The maximum absolute atomic E-state index is 13.9. The molecule has 5 rings (SSSR count). The molecule has 0 unspecified atom stereocenters. The number of hydrogen-bond acceptors (Lipinski definition) is 2. The summed E-state index contributed by atoms with van der Waals surface area (Å²) in [6.45, 7) is 6.22. The number of aromatic nitrogens is 2. The minimum absolute atomic E-state index is 0.184. The van der Waals surface area contributed by atoms with E-state index in [-0.39, 0.29) is 11.9 Å². The molecule has 1 heterocycles. The second-order valence-corrected chi connectivity index (χ2v) is 9.19. The van der Waals surface area contributed by atoms with Crippen molar-refractivity contribution >= 4 is 5.91 Å². The van der Waals surface area contributed by atoms with Gasteiger partial charge in [0, 0.05) is 5.56 Å². The van der Waals surface area contributed by atoms with Crippen molar-refractivity contribution in [1.82, 2.24) is 15.1 Å². The van der Waals surface area contributed by atoms with Crippen LogP contribution in [0.5, 0.6) is 0 Å². The third-order valence-corrected chi connectivity index (χ3v) is 6.53. The van der Waals surface area contributed by atoms with Crippen LogP contribution in [0.2, 0.25) is 0 Å². The van der Waals surface area contributed by atoms with Gasteiger partial charge in [0.1, 0.15) is 5.69 Å². The van der Waals surface area contributed by atoms with Crippen LogP contribution in [0.25, 0.3) is 16.9 Å². The van der Waals surface area contributed by atoms with Crippen molar-refractivity contribution in [2.45, 2.75) is 26.8 Å². The molecule has 0 aliphatic rings. The molecule has 0 spiro atoms. The fourth-order valence-corrected chi connectivity index (χ4v) is 4.40. The van der Waals surface area contributed by atoms with Gasteiger partial charge in [-0.15, -0.1) is 0 Å². The van der Waals surface area contributed by atoms with E-state index in [1.807, 2.05) is 97.9 Å². The normalized spacial score (nSPS) is 11.0. The van der Waals surface area contributed by atoms with Crippen LogP contribution in [0.15, 0.2) is 109 Å². The molecule has 0 saturated carbocycles. The number of nitrogens with one attached hydrogen (secondary N) is 1. The van der Waals surface area contributed by atoms with Crippen molar-refractivity contribution in [3.8, 4) is 16.9 Å². The van der Waals surface area contributed by atoms with Gasteiger partial charge in [0.2, 0.25) is 0 Å². The van der Waals surface area contributed by atoms with Gasteiger partial charge in [0.05, 0.1) is 17.4 Å². The minimum Gasteiger partial charge on any atom is -0.340 e. The predicted octanol–water partition coefficient (Wildman–Crippen LogP) is 6.98. The fraction of sp³-hybridized carbons (Fsp3) is 0.125. The van der Waals surface area contributed by atoms with Gasteiger partial charge in [-0.3, -0.25) is 4.79 Å². The second kappa shape index (κ2) is 10.0. The van der Waals surface area contributed by atoms with E-state index in [0.29, 0.717) is 5.69 Å². The Hall–Kier alpha value is -4.44. The zero-order valence-corrected chi connectivity index (χ0v) is 20.8. The van der Waals surface area contributed by atoms with Gasteiger partial charge in [0.25, 0.3) is 5.91 Å². The van der Waals surface area contributed by atoms with Crippen molar-refractivity contribution in [3.63, 3.8) is 0 Å². The lowest BCUT2D eigenvalue weighted by molar-refractivity contribution is 0.0935. The molecule has 1 amide bonds.